The highest BCUT2D eigenvalue weighted by Gasteiger charge is 1.89. The largest absolute Gasteiger partial charge is 0.345 e. The maximum atomic E-state index is 5.27. The van der Waals surface area contributed by atoms with E-state index in [9.17, 15) is 0 Å². The van der Waals surface area contributed by atoms with Gasteiger partial charge in [-0.3, -0.25) is 0 Å². The number of halogens is 1. The zero-order chi connectivity index (χ0) is 5.98. The normalized spacial score (nSPS) is 8.67. The lowest BCUT2D eigenvalue weighted by molar-refractivity contribution is 0.944. The predicted molar refractivity (Wildman–Crippen MR) is 38.5 cm³/mol. The summed E-state index contributed by atoms with van der Waals surface area (Å²) < 4.78 is 0. The van der Waals surface area contributed by atoms with Gasteiger partial charge in [-0.15, -0.1) is 12.4 Å². The summed E-state index contributed by atoms with van der Waals surface area (Å²) >= 11 is 0. The van der Waals surface area contributed by atoms with Crippen LogP contribution in [0.5, 0.6) is 0 Å². The van der Waals surface area contributed by atoms with Crippen molar-refractivity contribution in [2.75, 3.05) is 0 Å². The van der Waals surface area contributed by atoms with Gasteiger partial charge in [0.2, 0.25) is 0 Å². The summed E-state index contributed by atoms with van der Waals surface area (Å²) in [7, 11) is 0. The van der Waals surface area contributed by atoms with Crippen LogP contribution in [0.25, 0.3) is 0 Å². The first-order valence-electron chi connectivity index (χ1n) is 2.53. The van der Waals surface area contributed by atoms with Crippen molar-refractivity contribution in [3.05, 3.63) is 17.7 Å². The lowest BCUT2D eigenvalue weighted by Gasteiger charge is -1.82. The SMILES string of the molecule is Cc1cnc(CN)[nH]1.Cl. The second kappa shape index (κ2) is 3.48. The molecule has 0 fully saturated rings. The molecule has 1 heterocycles. The number of H-pyrrole nitrogens is 1. The van der Waals surface area contributed by atoms with E-state index in [0.717, 1.165) is 11.5 Å². The first-order valence-corrected chi connectivity index (χ1v) is 2.53. The Morgan fingerprint density at radius 1 is 1.78 bits per heavy atom. The van der Waals surface area contributed by atoms with Gasteiger partial charge in [-0.1, -0.05) is 0 Å². The lowest BCUT2D eigenvalue weighted by atomic mass is 10.6. The summed E-state index contributed by atoms with van der Waals surface area (Å²) in [5.74, 6) is 0.850. The second-order valence-corrected chi connectivity index (χ2v) is 1.72. The highest BCUT2D eigenvalue weighted by atomic mass is 35.5. The van der Waals surface area contributed by atoms with Crippen molar-refractivity contribution in [2.24, 2.45) is 5.73 Å². The molecule has 0 saturated carbocycles. The van der Waals surface area contributed by atoms with Crippen LogP contribution in [0.1, 0.15) is 11.5 Å². The number of nitrogens with one attached hydrogen (secondary N) is 1. The molecule has 4 heteroatoms. The zero-order valence-corrected chi connectivity index (χ0v) is 6.03. The van der Waals surface area contributed by atoms with E-state index in [-0.39, 0.29) is 12.4 Å². The third-order valence-corrected chi connectivity index (χ3v) is 0.949. The van der Waals surface area contributed by atoms with Gasteiger partial charge in [0.25, 0.3) is 0 Å². The fourth-order valence-electron chi connectivity index (χ4n) is 0.571. The standard InChI is InChI=1S/C5H9N3.ClH/c1-4-3-7-5(2-6)8-4;/h3H,2,6H2,1H3,(H,7,8);1H. The number of aromatic nitrogens is 2. The van der Waals surface area contributed by atoms with E-state index in [0.29, 0.717) is 6.54 Å². The smallest absolute Gasteiger partial charge is 0.120 e. The number of aryl methyl sites for hydroxylation is 1. The van der Waals surface area contributed by atoms with Gasteiger partial charge in [0.1, 0.15) is 5.82 Å². The van der Waals surface area contributed by atoms with Crippen molar-refractivity contribution in [1.82, 2.24) is 9.97 Å². The first kappa shape index (κ1) is 8.46. The number of rotatable bonds is 1. The highest BCUT2D eigenvalue weighted by molar-refractivity contribution is 5.85. The van der Waals surface area contributed by atoms with Crippen LogP contribution in [0, 0.1) is 6.92 Å². The average Bonchev–Trinajstić information content (AvgIpc) is 2.14. The molecule has 0 saturated heterocycles. The number of nitrogens with two attached hydrogens (primary N) is 1. The first-order chi connectivity index (χ1) is 3.83. The summed E-state index contributed by atoms with van der Waals surface area (Å²) in [6.45, 7) is 2.44. The number of imidazole rings is 1. The van der Waals surface area contributed by atoms with E-state index in [1.165, 1.54) is 0 Å². The number of aromatic amines is 1. The summed E-state index contributed by atoms with van der Waals surface area (Å²) in [5, 5.41) is 0. The predicted octanol–water partition coefficient (Wildman–Crippen LogP) is 0.599. The van der Waals surface area contributed by atoms with Crippen molar-refractivity contribution in [3.8, 4) is 0 Å². The Balaban J connectivity index is 0.000000640. The number of hydrogen-bond donors (Lipinski definition) is 2. The molecular formula is C5H10ClN3. The molecule has 3 N–H and O–H groups in total. The molecule has 52 valence electrons. The third kappa shape index (κ3) is 2.03. The Kier molecular flexibility index (Phi) is 3.27. The number of nitrogens with zero attached hydrogens (tertiary/aromatic N) is 1. The molecular weight excluding hydrogens is 138 g/mol. The van der Waals surface area contributed by atoms with E-state index < -0.39 is 0 Å². The highest BCUT2D eigenvalue weighted by Crippen LogP contribution is 1.91. The molecule has 0 aromatic carbocycles. The van der Waals surface area contributed by atoms with Gasteiger partial charge in [0.05, 0.1) is 6.54 Å². The van der Waals surface area contributed by atoms with Crippen molar-refractivity contribution < 1.29 is 0 Å². The average molecular weight is 148 g/mol. The molecule has 1 rings (SSSR count). The van der Waals surface area contributed by atoms with Crippen LogP contribution in [0.4, 0.5) is 0 Å². The molecule has 1 aromatic rings. The number of hydrogen-bond acceptors (Lipinski definition) is 2. The van der Waals surface area contributed by atoms with Crippen LogP contribution in [0.2, 0.25) is 0 Å². The molecule has 0 aliphatic heterocycles. The molecule has 0 unspecified atom stereocenters. The van der Waals surface area contributed by atoms with Gasteiger partial charge < -0.3 is 10.7 Å². The van der Waals surface area contributed by atoms with Gasteiger partial charge in [-0.05, 0) is 6.92 Å². The Morgan fingerprint density at radius 3 is 2.67 bits per heavy atom. The molecule has 0 bridgehead atoms. The van der Waals surface area contributed by atoms with Crippen LogP contribution in [-0.2, 0) is 6.54 Å². The summed E-state index contributed by atoms with van der Waals surface area (Å²) in [6.07, 6.45) is 1.77. The molecule has 1 aromatic heterocycles. The minimum atomic E-state index is 0. The van der Waals surface area contributed by atoms with Gasteiger partial charge in [-0.25, -0.2) is 4.98 Å². The molecule has 9 heavy (non-hydrogen) atoms. The zero-order valence-electron chi connectivity index (χ0n) is 5.22. The van der Waals surface area contributed by atoms with Gasteiger partial charge in [0, 0.05) is 11.9 Å². The van der Waals surface area contributed by atoms with Gasteiger partial charge in [-0.2, -0.15) is 0 Å². The molecule has 0 atom stereocenters. The quantitative estimate of drug-likeness (QED) is 0.611. The third-order valence-electron chi connectivity index (χ3n) is 0.949. The Labute approximate surface area is 60.1 Å². The van der Waals surface area contributed by atoms with Crippen molar-refractivity contribution >= 4 is 12.4 Å². The van der Waals surface area contributed by atoms with Crippen molar-refractivity contribution in [3.63, 3.8) is 0 Å². The topological polar surface area (TPSA) is 54.7 Å². The summed E-state index contributed by atoms with van der Waals surface area (Å²) in [5.41, 5.74) is 6.33. The van der Waals surface area contributed by atoms with E-state index in [2.05, 4.69) is 9.97 Å². The minimum absolute atomic E-state index is 0. The van der Waals surface area contributed by atoms with E-state index in [1.807, 2.05) is 6.92 Å². The summed E-state index contributed by atoms with van der Waals surface area (Å²) in [4.78, 5) is 6.94. The molecule has 0 amide bonds. The maximum Gasteiger partial charge on any atom is 0.120 e. The van der Waals surface area contributed by atoms with Gasteiger partial charge in [0.15, 0.2) is 0 Å². The molecule has 0 radical (unpaired) electrons. The van der Waals surface area contributed by atoms with Gasteiger partial charge >= 0.3 is 0 Å². The van der Waals surface area contributed by atoms with Crippen LogP contribution in [-0.4, -0.2) is 9.97 Å². The van der Waals surface area contributed by atoms with Crippen LogP contribution in [0.3, 0.4) is 0 Å². The molecule has 3 nitrogen and oxygen atoms in total. The monoisotopic (exact) mass is 147 g/mol. The minimum Gasteiger partial charge on any atom is -0.345 e. The van der Waals surface area contributed by atoms with E-state index >= 15 is 0 Å². The van der Waals surface area contributed by atoms with Crippen LogP contribution in [0.15, 0.2) is 6.20 Å². The lowest BCUT2D eigenvalue weighted by Crippen LogP contribution is -1.97. The molecule has 0 aliphatic rings. The molecule has 0 aliphatic carbocycles. The Morgan fingerprint density at radius 2 is 2.44 bits per heavy atom. The van der Waals surface area contributed by atoms with Crippen molar-refractivity contribution in [1.29, 1.82) is 0 Å². The van der Waals surface area contributed by atoms with Crippen LogP contribution >= 0.6 is 12.4 Å². The Hall–Kier alpha value is -0.540. The fraction of sp³-hybridized carbons (Fsp3) is 0.400. The van der Waals surface area contributed by atoms with E-state index in [1.54, 1.807) is 6.20 Å². The van der Waals surface area contributed by atoms with Crippen molar-refractivity contribution in [2.45, 2.75) is 13.5 Å². The fourth-order valence-corrected chi connectivity index (χ4v) is 0.571. The molecule has 0 spiro atoms. The summed E-state index contributed by atoms with van der Waals surface area (Å²) in [6, 6.07) is 0. The maximum absolute atomic E-state index is 5.27. The van der Waals surface area contributed by atoms with E-state index in [4.69, 9.17) is 5.73 Å². The Bertz CT molecular complexity index is 172. The second-order valence-electron chi connectivity index (χ2n) is 1.72. The van der Waals surface area contributed by atoms with Crippen LogP contribution < -0.4 is 5.73 Å².